The molecule has 23 heavy (non-hydrogen) atoms. The Labute approximate surface area is 136 Å². The molecule has 0 bridgehead atoms. The van der Waals surface area contributed by atoms with E-state index in [1.807, 2.05) is 54.3 Å². The van der Waals surface area contributed by atoms with E-state index in [1.54, 1.807) is 19.2 Å². The third kappa shape index (κ3) is 3.22. The Balaban J connectivity index is 1.79. The van der Waals surface area contributed by atoms with Gasteiger partial charge in [-0.05, 0) is 36.8 Å². The van der Waals surface area contributed by atoms with Crippen molar-refractivity contribution in [1.29, 1.82) is 0 Å². The van der Waals surface area contributed by atoms with E-state index < -0.39 is 0 Å². The number of hydrogen-bond donors (Lipinski definition) is 0. The molecule has 2 unspecified atom stereocenters. The molecular weight excluding hydrogens is 290 g/mol. The maximum atomic E-state index is 12.8. The molecule has 1 heterocycles. The van der Waals surface area contributed by atoms with Crippen molar-refractivity contribution >= 4 is 5.91 Å². The summed E-state index contributed by atoms with van der Waals surface area (Å²) in [7, 11) is 1.62. The van der Waals surface area contributed by atoms with Crippen LogP contribution in [0.2, 0.25) is 0 Å². The standard InChI is InChI=1S/C19H21NO3/c1-14-18(15-6-4-3-5-7-15)23-13-12-20(14)19(21)16-8-10-17(22-2)11-9-16/h3-11,14,18H,12-13H2,1-2H3. The number of methoxy groups -OCH3 is 1. The Morgan fingerprint density at radius 1 is 1.13 bits per heavy atom. The van der Waals surface area contributed by atoms with Crippen LogP contribution in [-0.2, 0) is 4.74 Å². The molecule has 0 radical (unpaired) electrons. The summed E-state index contributed by atoms with van der Waals surface area (Å²) in [6.07, 6.45) is -0.0906. The van der Waals surface area contributed by atoms with Crippen LogP contribution in [0.3, 0.4) is 0 Å². The second kappa shape index (κ2) is 6.84. The van der Waals surface area contributed by atoms with Gasteiger partial charge in [-0.3, -0.25) is 4.79 Å². The second-order valence-corrected chi connectivity index (χ2v) is 5.67. The fourth-order valence-corrected chi connectivity index (χ4v) is 2.99. The molecule has 2 atom stereocenters. The normalized spacial score (nSPS) is 21.0. The van der Waals surface area contributed by atoms with Gasteiger partial charge in [-0.1, -0.05) is 30.3 Å². The molecule has 0 aromatic heterocycles. The quantitative estimate of drug-likeness (QED) is 0.873. The lowest BCUT2D eigenvalue weighted by molar-refractivity contribution is -0.0551. The van der Waals surface area contributed by atoms with Crippen LogP contribution in [0.25, 0.3) is 0 Å². The summed E-state index contributed by atoms with van der Waals surface area (Å²) >= 11 is 0. The third-order valence-electron chi connectivity index (χ3n) is 4.29. The van der Waals surface area contributed by atoms with Crippen LogP contribution >= 0.6 is 0 Å². The van der Waals surface area contributed by atoms with Crippen LogP contribution < -0.4 is 4.74 Å². The molecule has 3 rings (SSSR count). The Morgan fingerprint density at radius 3 is 2.48 bits per heavy atom. The number of carbonyl (C=O) groups is 1. The van der Waals surface area contributed by atoms with E-state index in [2.05, 4.69) is 0 Å². The molecule has 2 aromatic rings. The highest BCUT2D eigenvalue weighted by Crippen LogP contribution is 2.29. The highest BCUT2D eigenvalue weighted by atomic mass is 16.5. The van der Waals surface area contributed by atoms with Gasteiger partial charge in [0.1, 0.15) is 11.9 Å². The molecular formula is C19H21NO3. The highest BCUT2D eigenvalue weighted by Gasteiger charge is 2.33. The highest BCUT2D eigenvalue weighted by molar-refractivity contribution is 5.94. The van der Waals surface area contributed by atoms with Crippen molar-refractivity contribution in [2.24, 2.45) is 0 Å². The summed E-state index contributed by atoms with van der Waals surface area (Å²) in [6.45, 7) is 3.19. The molecule has 1 amide bonds. The fraction of sp³-hybridized carbons (Fsp3) is 0.316. The fourth-order valence-electron chi connectivity index (χ4n) is 2.99. The lowest BCUT2D eigenvalue weighted by Crippen LogP contribution is -2.48. The van der Waals surface area contributed by atoms with Gasteiger partial charge in [-0.15, -0.1) is 0 Å². The summed E-state index contributed by atoms with van der Waals surface area (Å²) in [5, 5.41) is 0. The van der Waals surface area contributed by atoms with Crippen molar-refractivity contribution in [3.05, 3.63) is 65.7 Å². The van der Waals surface area contributed by atoms with E-state index in [9.17, 15) is 4.79 Å². The lowest BCUT2D eigenvalue weighted by atomic mass is 9.99. The van der Waals surface area contributed by atoms with E-state index in [0.717, 1.165) is 11.3 Å². The summed E-state index contributed by atoms with van der Waals surface area (Å²) in [5.41, 5.74) is 1.78. The number of carbonyl (C=O) groups excluding carboxylic acids is 1. The molecule has 120 valence electrons. The molecule has 0 aliphatic carbocycles. The van der Waals surface area contributed by atoms with E-state index in [4.69, 9.17) is 9.47 Å². The first kappa shape index (κ1) is 15.6. The third-order valence-corrected chi connectivity index (χ3v) is 4.29. The van der Waals surface area contributed by atoms with E-state index >= 15 is 0 Å². The predicted octanol–water partition coefficient (Wildman–Crippen LogP) is 3.30. The predicted molar refractivity (Wildman–Crippen MR) is 88.6 cm³/mol. The molecule has 4 nitrogen and oxygen atoms in total. The van der Waals surface area contributed by atoms with Gasteiger partial charge in [0.25, 0.3) is 5.91 Å². The molecule has 0 spiro atoms. The van der Waals surface area contributed by atoms with Crippen molar-refractivity contribution in [1.82, 2.24) is 4.90 Å². The Bertz CT molecular complexity index is 654. The minimum absolute atomic E-state index is 0.0132. The zero-order chi connectivity index (χ0) is 16.2. The second-order valence-electron chi connectivity index (χ2n) is 5.67. The van der Waals surface area contributed by atoms with Gasteiger partial charge in [0.2, 0.25) is 0 Å². The number of rotatable bonds is 3. The molecule has 0 N–H and O–H groups in total. The van der Waals surface area contributed by atoms with Crippen LogP contribution in [0.4, 0.5) is 0 Å². The van der Waals surface area contributed by atoms with Gasteiger partial charge >= 0.3 is 0 Å². The lowest BCUT2D eigenvalue weighted by Gasteiger charge is -2.39. The molecule has 2 aromatic carbocycles. The van der Waals surface area contributed by atoms with E-state index in [-0.39, 0.29) is 18.1 Å². The number of nitrogens with zero attached hydrogens (tertiary/aromatic N) is 1. The summed E-state index contributed by atoms with van der Waals surface area (Å²) in [4.78, 5) is 14.7. The topological polar surface area (TPSA) is 38.8 Å². The van der Waals surface area contributed by atoms with Crippen LogP contribution in [0, 0.1) is 0 Å². The first-order valence-corrected chi connectivity index (χ1v) is 7.82. The smallest absolute Gasteiger partial charge is 0.254 e. The molecule has 1 saturated heterocycles. The van der Waals surface area contributed by atoms with Crippen molar-refractivity contribution < 1.29 is 14.3 Å². The van der Waals surface area contributed by atoms with Gasteiger partial charge in [0.05, 0.1) is 19.8 Å². The molecule has 1 aliphatic rings. The number of morpholine rings is 1. The minimum atomic E-state index is -0.0906. The molecule has 0 saturated carbocycles. The average Bonchev–Trinajstić information content (AvgIpc) is 2.62. The average molecular weight is 311 g/mol. The van der Waals surface area contributed by atoms with Crippen molar-refractivity contribution in [3.63, 3.8) is 0 Å². The van der Waals surface area contributed by atoms with Crippen molar-refractivity contribution in [2.75, 3.05) is 20.3 Å². The molecule has 1 aliphatic heterocycles. The van der Waals surface area contributed by atoms with Gasteiger partial charge in [-0.25, -0.2) is 0 Å². The summed E-state index contributed by atoms with van der Waals surface area (Å²) in [6, 6.07) is 17.3. The largest absolute Gasteiger partial charge is 0.497 e. The van der Waals surface area contributed by atoms with Crippen molar-refractivity contribution in [2.45, 2.75) is 19.1 Å². The van der Waals surface area contributed by atoms with Crippen LogP contribution in [0.5, 0.6) is 5.75 Å². The SMILES string of the molecule is COc1ccc(C(=O)N2CCOC(c3ccccc3)C2C)cc1. The number of benzene rings is 2. The van der Waals surface area contributed by atoms with Crippen LogP contribution in [0.15, 0.2) is 54.6 Å². The van der Waals surface area contributed by atoms with Gasteiger partial charge in [0.15, 0.2) is 0 Å². The Hall–Kier alpha value is -2.33. The maximum Gasteiger partial charge on any atom is 0.254 e. The number of amides is 1. The summed E-state index contributed by atoms with van der Waals surface area (Å²) < 4.78 is 11.1. The van der Waals surface area contributed by atoms with Crippen LogP contribution in [-0.4, -0.2) is 37.1 Å². The first-order valence-electron chi connectivity index (χ1n) is 7.82. The Morgan fingerprint density at radius 2 is 1.83 bits per heavy atom. The molecule has 4 heteroatoms. The van der Waals surface area contributed by atoms with Crippen molar-refractivity contribution in [3.8, 4) is 5.75 Å². The van der Waals surface area contributed by atoms with Gasteiger partial charge < -0.3 is 14.4 Å². The number of ether oxygens (including phenoxy) is 2. The van der Waals surface area contributed by atoms with E-state index in [1.165, 1.54) is 0 Å². The van der Waals surface area contributed by atoms with Crippen LogP contribution in [0.1, 0.15) is 28.9 Å². The zero-order valence-corrected chi connectivity index (χ0v) is 13.4. The summed E-state index contributed by atoms with van der Waals surface area (Å²) in [5.74, 6) is 0.781. The Kier molecular flexibility index (Phi) is 4.63. The number of hydrogen-bond acceptors (Lipinski definition) is 3. The monoisotopic (exact) mass is 311 g/mol. The molecule has 1 fully saturated rings. The zero-order valence-electron chi connectivity index (χ0n) is 13.4. The maximum absolute atomic E-state index is 12.8. The van der Waals surface area contributed by atoms with Gasteiger partial charge in [0, 0.05) is 12.1 Å². The van der Waals surface area contributed by atoms with Gasteiger partial charge in [-0.2, -0.15) is 0 Å². The van der Waals surface area contributed by atoms with E-state index in [0.29, 0.717) is 18.7 Å². The minimum Gasteiger partial charge on any atom is -0.497 e. The first-order chi connectivity index (χ1) is 11.2.